The second-order valence-corrected chi connectivity index (χ2v) is 7.09. The first-order chi connectivity index (χ1) is 12.9. The van der Waals surface area contributed by atoms with E-state index in [1.165, 1.54) is 14.2 Å². The van der Waals surface area contributed by atoms with Crippen LogP contribution in [0.3, 0.4) is 0 Å². The molecule has 0 radical (unpaired) electrons. The van der Waals surface area contributed by atoms with Gasteiger partial charge in [0, 0.05) is 38.6 Å². The van der Waals surface area contributed by atoms with Crippen LogP contribution in [0.1, 0.15) is 18.4 Å². The van der Waals surface area contributed by atoms with E-state index in [2.05, 4.69) is 10.6 Å². The van der Waals surface area contributed by atoms with Crippen molar-refractivity contribution >= 4 is 17.4 Å². The van der Waals surface area contributed by atoms with Crippen LogP contribution in [-0.2, 0) is 20.7 Å². The van der Waals surface area contributed by atoms with Crippen molar-refractivity contribution in [2.75, 3.05) is 20.8 Å². The maximum absolute atomic E-state index is 12.1. The Morgan fingerprint density at radius 3 is 2.74 bits per heavy atom. The van der Waals surface area contributed by atoms with Crippen LogP contribution in [0.2, 0.25) is 5.02 Å². The molecule has 0 saturated heterocycles. The van der Waals surface area contributed by atoms with Gasteiger partial charge in [-0.25, -0.2) is 0 Å². The van der Waals surface area contributed by atoms with Crippen molar-refractivity contribution in [2.45, 2.75) is 31.1 Å². The molecule has 1 aromatic carbocycles. The average Bonchev–Trinajstić information content (AvgIpc) is 2.61. The number of hydrogen-bond donors (Lipinski definition) is 2. The van der Waals surface area contributed by atoms with Crippen molar-refractivity contribution in [2.24, 2.45) is 5.92 Å². The minimum Gasteiger partial charge on any atom is -0.366 e. The number of halogens is 1. The molecule has 9 heteroatoms. The molecule has 1 saturated carbocycles. The average molecular weight is 396 g/mol. The summed E-state index contributed by atoms with van der Waals surface area (Å²) in [5.41, 5.74) is 0.904. The Labute approximate surface area is 162 Å². The maximum Gasteiger partial charge on any atom is 0.294 e. The molecule has 2 aliphatic rings. The van der Waals surface area contributed by atoms with E-state index in [0.717, 1.165) is 5.56 Å². The summed E-state index contributed by atoms with van der Waals surface area (Å²) in [5, 5.41) is 18.6. The van der Waals surface area contributed by atoms with Gasteiger partial charge in [-0.2, -0.15) is 0 Å². The Balaban J connectivity index is 1.85. The van der Waals surface area contributed by atoms with Crippen molar-refractivity contribution in [3.63, 3.8) is 0 Å². The van der Waals surface area contributed by atoms with Crippen LogP contribution in [0, 0.1) is 16.0 Å². The third-order valence-electron chi connectivity index (χ3n) is 5.18. The predicted molar refractivity (Wildman–Crippen MR) is 98.6 cm³/mol. The van der Waals surface area contributed by atoms with Crippen molar-refractivity contribution < 1.29 is 19.2 Å². The quantitative estimate of drug-likeness (QED) is 0.412. The molecule has 2 unspecified atom stereocenters. The number of methoxy groups -OCH3 is 2. The van der Waals surface area contributed by atoms with Gasteiger partial charge in [0.2, 0.25) is 5.79 Å². The third-order valence-corrected chi connectivity index (χ3v) is 5.41. The number of nitrogens with zero attached hydrogens (tertiary/aromatic N) is 1. The molecular weight excluding hydrogens is 374 g/mol. The van der Waals surface area contributed by atoms with E-state index < -0.39 is 22.7 Å². The van der Waals surface area contributed by atoms with Crippen LogP contribution in [0.25, 0.3) is 0 Å². The first-order valence-corrected chi connectivity index (χ1v) is 9.04. The Hall–Kier alpha value is -2.16. The molecule has 146 valence electrons. The first kappa shape index (κ1) is 19.6. The normalized spacial score (nSPS) is 23.7. The van der Waals surface area contributed by atoms with Gasteiger partial charge in [0.15, 0.2) is 5.82 Å². The fraction of sp³-hybridized carbons (Fsp3) is 0.500. The highest BCUT2D eigenvalue weighted by Gasteiger charge is 2.60. The molecule has 0 spiro atoms. The molecule has 2 bridgehead atoms. The molecule has 3 rings (SSSR count). The Bertz CT molecular complexity index is 778. The number of benzene rings is 1. The molecule has 2 atom stereocenters. The maximum atomic E-state index is 12.1. The van der Waals surface area contributed by atoms with Gasteiger partial charge in [0.1, 0.15) is 11.7 Å². The lowest BCUT2D eigenvalue weighted by Crippen LogP contribution is -2.66. The number of nitro groups is 1. The zero-order chi connectivity index (χ0) is 19.6. The topological polar surface area (TPSA) is 103 Å². The van der Waals surface area contributed by atoms with Crippen molar-refractivity contribution in [1.29, 1.82) is 0 Å². The second-order valence-electron chi connectivity index (χ2n) is 6.65. The number of ketones is 1. The van der Waals surface area contributed by atoms with Gasteiger partial charge in [-0.3, -0.25) is 14.9 Å². The van der Waals surface area contributed by atoms with E-state index in [0.29, 0.717) is 23.8 Å². The molecule has 2 N–H and O–H groups in total. The number of carbonyl (C=O) groups excluding carboxylic acids is 1. The Morgan fingerprint density at radius 1 is 1.37 bits per heavy atom. The van der Waals surface area contributed by atoms with Gasteiger partial charge in [0.05, 0.1) is 11.0 Å². The van der Waals surface area contributed by atoms with E-state index in [9.17, 15) is 14.9 Å². The lowest BCUT2D eigenvalue weighted by Gasteiger charge is -2.48. The van der Waals surface area contributed by atoms with Gasteiger partial charge in [-0.1, -0.05) is 23.7 Å². The van der Waals surface area contributed by atoms with E-state index in [4.69, 9.17) is 21.1 Å². The summed E-state index contributed by atoms with van der Waals surface area (Å²) in [6.45, 7) is 0.473. The molecule has 1 aliphatic heterocycles. The number of carbonyl (C=O) groups is 1. The summed E-state index contributed by atoms with van der Waals surface area (Å²) in [5.74, 6) is -1.77. The first-order valence-electron chi connectivity index (χ1n) is 8.66. The van der Waals surface area contributed by atoms with Crippen LogP contribution in [0.5, 0.6) is 0 Å². The number of nitrogens with one attached hydrogen (secondary N) is 2. The highest BCUT2D eigenvalue weighted by atomic mass is 35.5. The molecule has 1 heterocycles. The van der Waals surface area contributed by atoms with Gasteiger partial charge < -0.3 is 20.1 Å². The number of ether oxygens (including phenoxy) is 2. The lowest BCUT2D eigenvalue weighted by atomic mass is 9.74. The molecule has 27 heavy (non-hydrogen) atoms. The van der Waals surface area contributed by atoms with E-state index in [-0.39, 0.29) is 24.3 Å². The minimum absolute atomic E-state index is 0.00957. The fourth-order valence-electron chi connectivity index (χ4n) is 3.96. The highest BCUT2D eigenvalue weighted by Crippen LogP contribution is 2.44. The summed E-state index contributed by atoms with van der Waals surface area (Å²) < 4.78 is 11.1. The van der Waals surface area contributed by atoms with Crippen molar-refractivity contribution in [3.8, 4) is 0 Å². The van der Waals surface area contributed by atoms with Crippen LogP contribution in [0.15, 0.2) is 35.8 Å². The molecule has 0 aromatic heterocycles. The largest absolute Gasteiger partial charge is 0.366 e. The zero-order valence-corrected chi connectivity index (χ0v) is 15.9. The smallest absolute Gasteiger partial charge is 0.294 e. The van der Waals surface area contributed by atoms with Gasteiger partial charge in [-0.05, 0) is 24.1 Å². The summed E-state index contributed by atoms with van der Waals surface area (Å²) in [7, 11) is 2.88. The van der Waals surface area contributed by atoms with Crippen LogP contribution < -0.4 is 10.6 Å². The van der Waals surface area contributed by atoms with E-state index in [1.54, 1.807) is 6.07 Å². The SMILES string of the molecule is COC1(OC)C2CC(=O)CC1C([N+](=O)[O-])=C(NCCc1cccc(Cl)c1)N2. The molecule has 1 aromatic rings. The second kappa shape index (κ2) is 7.84. The Kier molecular flexibility index (Phi) is 5.69. The van der Waals surface area contributed by atoms with Crippen LogP contribution in [-0.4, -0.2) is 43.3 Å². The number of rotatable bonds is 7. The standard InChI is InChI=1S/C18H22ClN3O5/c1-26-18(27-2)14-9-13(23)10-15(18)21-17(16(14)22(24)25)20-7-6-11-4-3-5-12(19)8-11/h3-5,8,14-15,20-21H,6-7,9-10H2,1-2H3. The van der Waals surface area contributed by atoms with Crippen molar-refractivity contribution in [3.05, 3.63) is 56.5 Å². The summed E-state index contributed by atoms with van der Waals surface area (Å²) in [6, 6.07) is 6.95. The molecule has 8 nitrogen and oxygen atoms in total. The molecule has 1 fully saturated rings. The van der Waals surface area contributed by atoms with Gasteiger partial charge in [-0.15, -0.1) is 0 Å². The van der Waals surface area contributed by atoms with Gasteiger partial charge >= 0.3 is 0 Å². The number of fused-ring (bicyclic) bond motifs is 2. The number of Topliss-reactive ketones (excluding diaryl/α,β-unsaturated/α-hetero) is 1. The van der Waals surface area contributed by atoms with E-state index in [1.807, 2.05) is 18.2 Å². The predicted octanol–water partition coefficient (Wildman–Crippen LogP) is 1.86. The summed E-state index contributed by atoms with van der Waals surface area (Å²) in [6.07, 6.45) is 0.836. The van der Waals surface area contributed by atoms with Gasteiger partial charge in [0.25, 0.3) is 5.70 Å². The van der Waals surface area contributed by atoms with E-state index >= 15 is 0 Å². The monoisotopic (exact) mass is 395 g/mol. The highest BCUT2D eigenvalue weighted by molar-refractivity contribution is 6.30. The van der Waals surface area contributed by atoms with Crippen LogP contribution >= 0.6 is 11.6 Å². The fourth-order valence-corrected chi connectivity index (χ4v) is 4.18. The minimum atomic E-state index is -1.24. The summed E-state index contributed by atoms with van der Waals surface area (Å²) in [4.78, 5) is 23.4. The molecule has 1 aliphatic carbocycles. The van der Waals surface area contributed by atoms with Crippen molar-refractivity contribution in [1.82, 2.24) is 10.6 Å². The van der Waals surface area contributed by atoms with Crippen LogP contribution in [0.4, 0.5) is 0 Å². The Morgan fingerprint density at radius 2 is 2.11 bits per heavy atom. The molecule has 0 amide bonds. The lowest BCUT2D eigenvalue weighted by molar-refractivity contribution is -0.451. The molecular formula is C18H22ClN3O5. The third kappa shape index (κ3) is 3.65. The number of hydrogen-bond acceptors (Lipinski definition) is 7. The zero-order valence-electron chi connectivity index (χ0n) is 15.2. The summed E-state index contributed by atoms with van der Waals surface area (Å²) >= 11 is 5.99.